The minimum absolute atomic E-state index is 0.0708. The first-order chi connectivity index (χ1) is 16.5. The van der Waals surface area contributed by atoms with E-state index in [9.17, 15) is 4.79 Å². The van der Waals surface area contributed by atoms with Crippen LogP contribution in [-0.4, -0.2) is 56.7 Å². The number of piperazine rings is 1. The topological polar surface area (TPSA) is 67.2 Å². The quantitative estimate of drug-likeness (QED) is 0.464. The normalized spacial score (nSPS) is 13.9. The standard InChI is InChI=1S/C27H28N6O/c1-19-17-20(2)33(30-19)26-18-25(28-21(3)29-26)31-13-15-32(16-14-31)27(34)24-11-9-23(10-12-24)22-7-5-4-6-8-22/h4-12,17-18H,13-16H2,1-3H3. The maximum Gasteiger partial charge on any atom is 0.253 e. The van der Waals surface area contributed by atoms with Gasteiger partial charge in [-0.3, -0.25) is 4.79 Å². The molecule has 0 aliphatic carbocycles. The maximum atomic E-state index is 13.1. The molecule has 34 heavy (non-hydrogen) atoms. The molecule has 3 heterocycles. The molecule has 1 aliphatic rings. The van der Waals surface area contributed by atoms with Crippen LogP contribution in [0.4, 0.5) is 5.82 Å². The molecule has 4 aromatic rings. The van der Waals surface area contributed by atoms with Crippen LogP contribution in [0, 0.1) is 20.8 Å². The SMILES string of the molecule is Cc1cc(C)n(-c2cc(N3CCN(C(=O)c4ccc(-c5ccccc5)cc4)CC3)nc(C)n2)n1. The molecule has 5 rings (SSSR count). The predicted molar refractivity (Wildman–Crippen MR) is 133 cm³/mol. The Labute approximate surface area is 199 Å². The first-order valence-corrected chi connectivity index (χ1v) is 11.6. The van der Waals surface area contributed by atoms with Crippen molar-refractivity contribution in [1.29, 1.82) is 0 Å². The van der Waals surface area contributed by atoms with Crippen LogP contribution in [0.25, 0.3) is 16.9 Å². The van der Waals surface area contributed by atoms with Crippen LogP contribution in [0.1, 0.15) is 27.6 Å². The van der Waals surface area contributed by atoms with Gasteiger partial charge in [0, 0.05) is 43.5 Å². The number of amides is 1. The summed E-state index contributed by atoms with van der Waals surface area (Å²) in [5.41, 5.74) is 4.97. The highest BCUT2D eigenvalue weighted by molar-refractivity contribution is 5.95. The van der Waals surface area contributed by atoms with Gasteiger partial charge in [0.15, 0.2) is 5.82 Å². The highest BCUT2D eigenvalue weighted by atomic mass is 16.2. The molecular weight excluding hydrogens is 424 g/mol. The lowest BCUT2D eigenvalue weighted by Crippen LogP contribution is -2.49. The largest absolute Gasteiger partial charge is 0.353 e. The fourth-order valence-electron chi connectivity index (χ4n) is 4.42. The number of aromatic nitrogens is 4. The minimum Gasteiger partial charge on any atom is -0.353 e. The van der Waals surface area contributed by atoms with Crippen LogP contribution in [0.3, 0.4) is 0 Å². The summed E-state index contributed by atoms with van der Waals surface area (Å²) in [5.74, 6) is 2.41. The number of nitrogens with zero attached hydrogens (tertiary/aromatic N) is 6. The second-order valence-electron chi connectivity index (χ2n) is 8.69. The Kier molecular flexibility index (Phi) is 5.84. The van der Waals surface area contributed by atoms with Crippen molar-refractivity contribution in [3.05, 3.63) is 89.5 Å². The van der Waals surface area contributed by atoms with Gasteiger partial charge < -0.3 is 9.80 Å². The third-order valence-electron chi connectivity index (χ3n) is 6.17. The van der Waals surface area contributed by atoms with Crippen LogP contribution < -0.4 is 4.90 Å². The predicted octanol–water partition coefficient (Wildman–Crippen LogP) is 4.22. The fourth-order valence-corrected chi connectivity index (χ4v) is 4.42. The Morgan fingerprint density at radius 2 is 1.41 bits per heavy atom. The molecule has 0 N–H and O–H groups in total. The summed E-state index contributed by atoms with van der Waals surface area (Å²) in [6, 6.07) is 22.1. The molecule has 1 amide bonds. The van der Waals surface area contributed by atoms with Crippen LogP contribution in [-0.2, 0) is 0 Å². The number of aryl methyl sites for hydroxylation is 3. The van der Waals surface area contributed by atoms with Gasteiger partial charge in [-0.2, -0.15) is 5.10 Å². The van der Waals surface area contributed by atoms with E-state index in [1.54, 1.807) is 0 Å². The highest BCUT2D eigenvalue weighted by Gasteiger charge is 2.24. The summed E-state index contributed by atoms with van der Waals surface area (Å²) in [5, 5.41) is 4.56. The number of carbonyl (C=O) groups excluding carboxylic acids is 1. The van der Waals surface area contributed by atoms with Crippen molar-refractivity contribution in [2.75, 3.05) is 31.1 Å². The molecule has 2 aromatic carbocycles. The second kappa shape index (κ2) is 9.09. The van der Waals surface area contributed by atoms with E-state index in [1.807, 2.05) is 85.0 Å². The molecule has 0 saturated carbocycles. The Morgan fingerprint density at radius 3 is 2.06 bits per heavy atom. The van der Waals surface area contributed by atoms with E-state index >= 15 is 0 Å². The monoisotopic (exact) mass is 452 g/mol. The van der Waals surface area contributed by atoms with Gasteiger partial charge in [-0.15, -0.1) is 0 Å². The number of carbonyl (C=O) groups is 1. The van der Waals surface area contributed by atoms with Crippen LogP contribution in [0.5, 0.6) is 0 Å². The Balaban J connectivity index is 1.27. The highest BCUT2D eigenvalue weighted by Crippen LogP contribution is 2.22. The first kappa shape index (κ1) is 21.8. The van der Waals surface area contributed by atoms with E-state index in [-0.39, 0.29) is 5.91 Å². The van der Waals surface area contributed by atoms with Gasteiger partial charge >= 0.3 is 0 Å². The van der Waals surface area contributed by atoms with E-state index < -0.39 is 0 Å². The van der Waals surface area contributed by atoms with E-state index in [2.05, 4.69) is 32.1 Å². The minimum atomic E-state index is 0.0708. The number of hydrogen-bond donors (Lipinski definition) is 0. The van der Waals surface area contributed by atoms with Crippen molar-refractivity contribution < 1.29 is 4.79 Å². The van der Waals surface area contributed by atoms with Gasteiger partial charge in [-0.05, 0) is 50.1 Å². The lowest BCUT2D eigenvalue weighted by atomic mass is 10.0. The Hall–Kier alpha value is -4.00. The van der Waals surface area contributed by atoms with Crippen LogP contribution in [0.2, 0.25) is 0 Å². The maximum absolute atomic E-state index is 13.1. The number of hydrogen-bond acceptors (Lipinski definition) is 5. The van der Waals surface area contributed by atoms with Crippen molar-refractivity contribution in [2.24, 2.45) is 0 Å². The van der Waals surface area contributed by atoms with E-state index in [0.29, 0.717) is 18.9 Å². The summed E-state index contributed by atoms with van der Waals surface area (Å²) >= 11 is 0. The molecule has 1 aliphatic heterocycles. The third-order valence-corrected chi connectivity index (χ3v) is 6.17. The van der Waals surface area contributed by atoms with Crippen molar-refractivity contribution in [2.45, 2.75) is 20.8 Å². The number of anilines is 1. The molecule has 0 radical (unpaired) electrons. The summed E-state index contributed by atoms with van der Waals surface area (Å²) < 4.78 is 1.85. The lowest BCUT2D eigenvalue weighted by Gasteiger charge is -2.35. The molecule has 0 atom stereocenters. The zero-order chi connectivity index (χ0) is 23.7. The second-order valence-corrected chi connectivity index (χ2v) is 8.69. The molecule has 0 spiro atoms. The van der Waals surface area contributed by atoms with Gasteiger partial charge in [-0.25, -0.2) is 14.6 Å². The van der Waals surface area contributed by atoms with Gasteiger partial charge in [0.1, 0.15) is 11.6 Å². The van der Waals surface area contributed by atoms with Crippen molar-refractivity contribution >= 4 is 11.7 Å². The molecule has 0 unspecified atom stereocenters. The van der Waals surface area contributed by atoms with Crippen molar-refractivity contribution in [3.63, 3.8) is 0 Å². The van der Waals surface area contributed by atoms with Crippen LogP contribution >= 0.6 is 0 Å². The fraction of sp³-hybridized carbons (Fsp3) is 0.259. The summed E-state index contributed by atoms with van der Waals surface area (Å²) in [4.78, 5) is 26.5. The molecule has 1 saturated heterocycles. The van der Waals surface area contributed by atoms with Gasteiger partial charge in [0.25, 0.3) is 5.91 Å². The van der Waals surface area contributed by atoms with Crippen molar-refractivity contribution in [1.82, 2.24) is 24.6 Å². The third kappa shape index (κ3) is 4.41. The van der Waals surface area contributed by atoms with Gasteiger partial charge in [0.2, 0.25) is 0 Å². The smallest absolute Gasteiger partial charge is 0.253 e. The number of benzene rings is 2. The average Bonchev–Trinajstić information content (AvgIpc) is 3.21. The molecule has 2 aromatic heterocycles. The Bertz CT molecular complexity index is 1300. The molecular formula is C27H28N6O. The average molecular weight is 453 g/mol. The molecule has 7 nitrogen and oxygen atoms in total. The van der Waals surface area contributed by atoms with Crippen molar-refractivity contribution in [3.8, 4) is 16.9 Å². The van der Waals surface area contributed by atoms with E-state index in [1.165, 1.54) is 0 Å². The summed E-state index contributed by atoms with van der Waals surface area (Å²) in [7, 11) is 0. The van der Waals surface area contributed by atoms with E-state index in [0.717, 1.165) is 52.8 Å². The lowest BCUT2D eigenvalue weighted by molar-refractivity contribution is 0.0746. The molecule has 1 fully saturated rings. The van der Waals surface area contributed by atoms with Gasteiger partial charge in [0.05, 0.1) is 5.69 Å². The first-order valence-electron chi connectivity index (χ1n) is 11.6. The zero-order valence-corrected chi connectivity index (χ0v) is 19.8. The summed E-state index contributed by atoms with van der Waals surface area (Å²) in [6.45, 7) is 8.65. The molecule has 172 valence electrons. The molecule has 7 heteroatoms. The zero-order valence-electron chi connectivity index (χ0n) is 19.8. The Morgan fingerprint density at radius 1 is 0.765 bits per heavy atom. The van der Waals surface area contributed by atoms with Crippen LogP contribution in [0.15, 0.2) is 66.7 Å². The van der Waals surface area contributed by atoms with Gasteiger partial charge in [-0.1, -0.05) is 42.5 Å². The summed E-state index contributed by atoms with van der Waals surface area (Å²) in [6.07, 6.45) is 0. The number of rotatable bonds is 4. The molecule has 0 bridgehead atoms. The van der Waals surface area contributed by atoms with E-state index in [4.69, 9.17) is 0 Å².